The summed E-state index contributed by atoms with van der Waals surface area (Å²) in [5, 5.41) is 4.96. The molecule has 0 fully saturated rings. The van der Waals surface area contributed by atoms with E-state index in [-0.39, 0.29) is 16.9 Å². The number of nitrogens with one attached hydrogen (secondary N) is 1. The van der Waals surface area contributed by atoms with Gasteiger partial charge in [0.2, 0.25) is 5.91 Å². The molecule has 0 aliphatic rings. The Balaban J connectivity index is 2.64. The lowest BCUT2D eigenvalue weighted by molar-refractivity contribution is -0.123. The molecule has 2 unspecified atom stereocenters. The third kappa shape index (κ3) is 3.28. The van der Waals surface area contributed by atoms with Crippen LogP contribution in [0.3, 0.4) is 0 Å². The average Bonchev–Trinajstić information content (AvgIpc) is 2.77. The SMILES string of the molecule is CCC(NC(=O)C(C)C(N)=S)c1cccs1. The van der Waals surface area contributed by atoms with Gasteiger partial charge in [0.05, 0.1) is 16.9 Å². The first-order valence-corrected chi connectivity index (χ1v) is 6.48. The molecule has 88 valence electrons. The van der Waals surface area contributed by atoms with Crippen molar-refractivity contribution in [2.75, 3.05) is 0 Å². The largest absolute Gasteiger partial charge is 0.393 e. The van der Waals surface area contributed by atoms with E-state index in [1.54, 1.807) is 18.3 Å². The van der Waals surface area contributed by atoms with Gasteiger partial charge in [0.25, 0.3) is 0 Å². The van der Waals surface area contributed by atoms with E-state index in [1.807, 2.05) is 24.4 Å². The van der Waals surface area contributed by atoms with Crippen LogP contribution in [0.1, 0.15) is 31.2 Å². The van der Waals surface area contributed by atoms with Crippen molar-refractivity contribution in [3.63, 3.8) is 0 Å². The molecule has 16 heavy (non-hydrogen) atoms. The average molecular weight is 256 g/mol. The van der Waals surface area contributed by atoms with Crippen molar-refractivity contribution >= 4 is 34.5 Å². The Morgan fingerprint density at radius 1 is 1.69 bits per heavy atom. The maximum absolute atomic E-state index is 11.8. The molecule has 2 atom stereocenters. The van der Waals surface area contributed by atoms with Crippen LogP contribution in [0.4, 0.5) is 0 Å². The highest BCUT2D eigenvalue weighted by atomic mass is 32.1. The fraction of sp³-hybridized carbons (Fsp3) is 0.455. The smallest absolute Gasteiger partial charge is 0.230 e. The Hall–Kier alpha value is -0.940. The van der Waals surface area contributed by atoms with Gasteiger partial charge in [0.1, 0.15) is 0 Å². The Labute approximate surface area is 105 Å². The number of hydrogen-bond donors (Lipinski definition) is 2. The van der Waals surface area contributed by atoms with Crippen molar-refractivity contribution < 1.29 is 4.79 Å². The molecule has 0 spiro atoms. The Morgan fingerprint density at radius 2 is 2.38 bits per heavy atom. The van der Waals surface area contributed by atoms with E-state index >= 15 is 0 Å². The zero-order chi connectivity index (χ0) is 12.1. The van der Waals surface area contributed by atoms with Crippen molar-refractivity contribution in [2.24, 2.45) is 11.7 Å². The van der Waals surface area contributed by atoms with Crippen LogP contribution in [0.15, 0.2) is 17.5 Å². The second kappa shape index (κ2) is 5.96. The summed E-state index contributed by atoms with van der Waals surface area (Å²) in [7, 11) is 0. The van der Waals surface area contributed by atoms with Gasteiger partial charge in [-0.3, -0.25) is 4.79 Å². The number of thiophene rings is 1. The number of thiocarbonyl (C=S) groups is 1. The van der Waals surface area contributed by atoms with E-state index in [0.29, 0.717) is 0 Å². The molecule has 0 saturated carbocycles. The van der Waals surface area contributed by atoms with Gasteiger partial charge in [-0.1, -0.05) is 25.2 Å². The van der Waals surface area contributed by atoms with E-state index in [0.717, 1.165) is 11.3 Å². The molecule has 0 aliphatic carbocycles. The number of carbonyl (C=O) groups is 1. The van der Waals surface area contributed by atoms with E-state index in [2.05, 4.69) is 5.32 Å². The van der Waals surface area contributed by atoms with Crippen molar-refractivity contribution in [1.29, 1.82) is 0 Å². The summed E-state index contributed by atoms with van der Waals surface area (Å²) in [4.78, 5) is 13.2. The van der Waals surface area contributed by atoms with Crippen molar-refractivity contribution in [3.8, 4) is 0 Å². The maximum Gasteiger partial charge on any atom is 0.230 e. The maximum atomic E-state index is 11.8. The van der Waals surface area contributed by atoms with Crippen molar-refractivity contribution in [3.05, 3.63) is 22.4 Å². The minimum Gasteiger partial charge on any atom is -0.393 e. The number of hydrogen-bond acceptors (Lipinski definition) is 3. The molecule has 1 heterocycles. The molecule has 0 aliphatic heterocycles. The molecule has 1 rings (SSSR count). The normalized spacial score (nSPS) is 14.1. The Kier molecular flexibility index (Phi) is 4.89. The van der Waals surface area contributed by atoms with E-state index < -0.39 is 5.92 Å². The summed E-state index contributed by atoms with van der Waals surface area (Å²) in [5.74, 6) is -0.517. The zero-order valence-corrected chi connectivity index (χ0v) is 11.0. The van der Waals surface area contributed by atoms with E-state index in [1.165, 1.54) is 0 Å². The fourth-order valence-electron chi connectivity index (χ4n) is 1.29. The van der Waals surface area contributed by atoms with Crippen LogP contribution in [0.2, 0.25) is 0 Å². The summed E-state index contributed by atoms with van der Waals surface area (Å²) in [6.07, 6.45) is 0.857. The van der Waals surface area contributed by atoms with Gasteiger partial charge in [-0.05, 0) is 24.8 Å². The van der Waals surface area contributed by atoms with Gasteiger partial charge >= 0.3 is 0 Å². The molecule has 0 bridgehead atoms. The number of amides is 1. The highest BCUT2D eigenvalue weighted by Gasteiger charge is 2.19. The lowest BCUT2D eigenvalue weighted by Gasteiger charge is -2.18. The minimum atomic E-state index is -0.413. The monoisotopic (exact) mass is 256 g/mol. The summed E-state index contributed by atoms with van der Waals surface area (Å²) in [6.45, 7) is 3.76. The number of carbonyl (C=O) groups excluding carboxylic acids is 1. The van der Waals surface area contributed by atoms with Gasteiger partial charge in [-0.15, -0.1) is 11.3 Å². The summed E-state index contributed by atoms with van der Waals surface area (Å²) in [5.41, 5.74) is 5.45. The first-order chi connectivity index (χ1) is 7.56. The first-order valence-electron chi connectivity index (χ1n) is 5.19. The van der Waals surface area contributed by atoms with E-state index in [9.17, 15) is 4.79 Å². The first kappa shape index (κ1) is 13.1. The molecule has 1 amide bonds. The van der Waals surface area contributed by atoms with Crippen LogP contribution in [-0.2, 0) is 4.79 Å². The van der Waals surface area contributed by atoms with Crippen LogP contribution in [0, 0.1) is 5.92 Å². The fourth-order valence-corrected chi connectivity index (χ4v) is 2.26. The molecule has 0 radical (unpaired) electrons. The second-order valence-electron chi connectivity index (χ2n) is 3.61. The van der Waals surface area contributed by atoms with Crippen molar-refractivity contribution in [1.82, 2.24) is 5.32 Å². The zero-order valence-electron chi connectivity index (χ0n) is 9.40. The Morgan fingerprint density at radius 3 is 2.81 bits per heavy atom. The molecule has 1 aromatic heterocycles. The lowest BCUT2D eigenvalue weighted by atomic mass is 10.1. The summed E-state index contributed by atoms with van der Waals surface area (Å²) < 4.78 is 0. The van der Waals surface area contributed by atoms with Crippen LogP contribution in [0.25, 0.3) is 0 Å². The molecule has 3 nitrogen and oxygen atoms in total. The predicted molar refractivity (Wildman–Crippen MR) is 71.4 cm³/mol. The minimum absolute atomic E-state index is 0.0595. The van der Waals surface area contributed by atoms with Gasteiger partial charge in [-0.2, -0.15) is 0 Å². The van der Waals surface area contributed by atoms with E-state index in [4.69, 9.17) is 18.0 Å². The predicted octanol–water partition coefficient (Wildman–Crippen LogP) is 2.24. The summed E-state index contributed by atoms with van der Waals surface area (Å²) in [6, 6.07) is 4.06. The molecular weight excluding hydrogens is 240 g/mol. The van der Waals surface area contributed by atoms with Crippen LogP contribution in [0.5, 0.6) is 0 Å². The molecule has 5 heteroatoms. The molecule has 0 aromatic carbocycles. The topological polar surface area (TPSA) is 55.1 Å². The van der Waals surface area contributed by atoms with Crippen molar-refractivity contribution in [2.45, 2.75) is 26.3 Å². The standard InChI is InChI=1S/C11H16N2OS2/c1-3-8(9-5-4-6-16-9)13-11(14)7(2)10(12)15/h4-8H,3H2,1-2H3,(H2,12,15)(H,13,14). The third-order valence-corrected chi connectivity index (χ3v) is 3.77. The molecule has 1 aromatic rings. The summed E-state index contributed by atoms with van der Waals surface area (Å²) >= 11 is 6.44. The van der Waals surface area contributed by atoms with Gasteiger partial charge in [0.15, 0.2) is 0 Å². The highest BCUT2D eigenvalue weighted by molar-refractivity contribution is 7.80. The van der Waals surface area contributed by atoms with Gasteiger partial charge < -0.3 is 11.1 Å². The molecule has 0 saturated heterocycles. The highest BCUT2D eigenvalue weighted by Crippen LogP contribution is 2.21. The van der Waals surface area contributed by atoms with Gasteiger partial charge in [-0.25, -0.2) is 0 Å². The van der Waals surface area contributed by atoms with Crippen LogP contribution >= 0.6 is 23.6 Å². The lowest BCUT2D eigenvalue weighted by Crippen LogP contribution is -2.37. The molecule has 3 N–H and O–H groups in total. The third-order valence-electron chi connectivity index (χ3n) is 2.43. The number of nitrogens with two attached hydrogens (primary N) is 1. The van der Waals surface area contributed by atoms with Crippen LogP contribution in [-0.4, -0.2) is 10.9 Å². The quantitative estimate of drug-likeness (QED) is 0.794. The molecular formula is C11H16N2OS2. The number of rotatable bonds is 5. The Bertz CT molecular complexity index is 362. The van der Waals surface area contributed by atoms with Crippen LogP contribution < -0.4 is 11.1 Å². The van der Waals surface area contributed by atoms with Gasteiger partial charge in [0, 0.05) is 4.88 Å². The second-order valence-corrected chi connectivity index (χ2v) is 5.06.